The molecule has 2 unspecified atom stereocenters. The van der Waals surface area contributed by atoms with Gasteiger partial charge in [-0.3, -0.25) is 0 Å². The molecule has 1 saturated heterocycles. The molecular weight excluding hydrogens is 179 g/mol. The van der Waals surface area contributed by atoms with E-state index in [-0.39, 0.29) is 0 Å². The molecule has 1 aliphatic heterocycles. The number of rotatable bonds is 1. The molecule has 0 aliphatic carbocycles. The van der Waals surface area contributed by atoms with Crippen LogP contribution in [0.2, 0.25) is 0 Å². The van der Waals surface area contributed by atoms with Crippen molar-refractivity contribution in [3.05, 3.63) is 24.3 Å². The lowest BCUT2D eigenvalue weighted by Crippen LogP contribution is -2.26. The highest BCUT2D eigenvalue weighted by Crippen LogP contribution is 2.28. The van der Waals surface area contributed by atoms with Crippen LogP contribution in [0.15, 0.2) is 18.3 Å². The van der Waals surface area contributed by atoms with Crippen molar-refractivity contribution in [1.29, 1.82) is 0 Å². The van der Waals surface area contributed by atoms with Gasteiger partial charge in [-0.05, 0) is 25.3 Å². The minimum Gasteiger partial charge on any atom is -0.368 e. The van der Waals surface area contributed by atoms with Crippen molar-refractivity contribution >= 4 is 5.69 Å². The first kappa shape index (κ1) is 9.44. The summed E-state index contributed by atoms with van der Waals surface area (Å²) in [5, 5.41) is 0. The van der Waals surface area contributed by atoms with E-state index in [1.54, 1.807) is 0 Å². The summed E-state index contributed by atoms with van der Waals surface area (Å²) in [6.45, 7) is 5.43. The van der Waals surface area contributed by atoms with Crippen LogP contribution in [0.1, 0.15) is 20.3 Å². The van der Waals surface area contributed by atoms with Crippen LogP contribution in [0, 0.1) is 11.9 Å². The van der Waals surface area contributed by atoms with Crippen LogP contribution in [-0.4, -0.2) is 17.6 Å². The first-order chi connectivity index (χ1) is 6.66. The summed E-state index contributed by atoms with van der Waals surface area (Å²) in [4.78, 5) is 5.81. The maximum Gasteiger partial charge on any atom is 0.214 e. The van der Waals surface area contributed by atoms with E-state index >= 15 is 0 Å². The number of nitrogens with zero attached hydrogens (tertiary/aromatic N) is 2. The third-order valence-electron chi connectivity index (χ3n) is 2.83. The zero-order chi connectivity index (χ0) is 10.1. The molecule has 2 heterocycles. The molecule has 1 aliphatic rings. The van der Waals surface area contributed by atoms with E-state index in [0.717, 1.165) is 12.2 Å². The molecule has 0 aromatic carbocycles. The van der Waals surface area contributed by atoms with Gasteiger partial charge in [-0.25, -0.2) is 4.98 Å². The fourth-order valence-electron chi connectivity index (χ4n) is 2.23. The van der Waals surface area contributed by atoms with Crippen molar-refractivity contribution in [3.8, 4) is 0 Å². The van der Waals surface area contributed by atoms with Gasteiger partial charge in [-0.15, -0.1) is 0 Å². The molecule has 0 saturated carbocycles. The van der Waals surface area contributed by atoms with Crippen LogP contribution in [0.25, 0.3) is 0 Å². The van der Waals surface area contributed by atoms with E-state index in [2.05, 4.69) is 23.7 Å². The first-order valence-corrected chi connectivity index (χ1v) is 5.05. The van der Waals surface area contributed by atoms with Gasteiger partial charge in [0.15, 0.2) is 0 Å². The summed E-state index contributed by atoms with van der Waals surface area (Å²) in [5.41, 5.74) is 0.953. The van der Waals surface area contributed by atoms with Gasteiger partial charge in [-0.2, -0.15) is 4.39 Å². The van der Waals surface area contributed by atoms with E-state index in [0.29, 0.717) is 12.0 Å². The minimum absolute atomic E-state index is 0.394. The molecule has 2 nitrogen and oxygen atoms in total. The number of hydrogen-bond donors (Lipinski definition) is 0. The standard InChI is InChI=1S/C11H15FN2/c1-8-5-9(2)14(7-8)10-3-4-13-11(12)6-10/h3-4,6,8-9H,5,7H2,1-2H3. The minimum atomic E-state index is -0.394. The monoisotopic (exact) mass is 194 g/mol. The maximum atomic E-state index is 12.9. The summed E-state index contributed by atoms with van der Waals surface area (Å²) < 4.78 is 12.9. The molecule has 0 radical (unpaired) electrons. The Bertz CT molecular complexity index is 327. The van der Waals surface area contributed by atoms with Crippen molar-refractivity contribution in [2.24, 2.45) is 5.92 Å². The summed E-state index contributed by atoms with van der Waals surface area (Å²) in [6.07, 6.45) is 2.71. The fourth-order valence-corrected chi connectivity index (χ4v) is 2.23. The Morgan fingerprint density at radius 2 is 2.29 bits per heavy atom. The van der Waals surface area contributed by atoms with Crippen molar-refractivity contribution in [2.75, 3.05) is 11.4 Å². The third kappa shape index (κ3) is 1.72. The zero-order valence-corrected chi connectivity index (χ0v) is 8.57. The normalized spacial score (nSPS) is 26.9. The molecule has 2 atom stereocenters. The second-order valence-electron chi connectivity index (χ2n) is 4.18. The molecule has 1 fully saturated rings. The Labute approximate surface area is 83.8 Å². The first-order valence-electron chi connectivity index (χ1n) is 5.05. The molecule has 3 heteroatoms. The van der Waals surface area contributed by atoms with Crippen molar-refractivity contribution < 1.29 is 4.39 Å². The number of aromatic nitrogens is 1. The molecule has 0 amide bonds. The van der Waals surface area contributed by atoms with Crippen molar-refractivity contribution in [2.45, 2.75) is 26.3 Å². The highest BCUT2D eigenvalue weighted by molar-refractivity contribution is 5.47. The molecular formula is C11H15FN2. The predicted octanol–water partition coefficient (Wildman–Crippen LogP) is 2.46. The molecule has 1 aromatic rings. The molecule has 1 aromatic heterocycles. The van der Waals surface area contributed by atoms with Crippen LogP contribution in [-0.2, 0) is 0 Å². The smallest absolute Gasteiger partial charge is 0.214 e. The lowest BCUT2D eigenvalue weighted by atomic mass is 10.1. The molecule has 0 spiro atoms. The SMILES string of the molecule is CC1CC(C)N(c2ccnc(F)c2)C1. The number of hydrogen-bond acceptors (Lipinski definition) is 2. The van der Waals surface area contributed by atoms with E-state index in [1.807, 2.05) is 6.07 Å². The Kier molecular flexibility index (Phi) is 2.40. The van der Waals surface area contributed by atoms with Crippen LogP contribution in [0.5, 0.6) is 0 Å². The zero-order valence-electron chi connectivity index (χ0n) is 8.57. The van der Waals surface area contributed by atoms with E-state index in [1.165, 1.54) is 18.7 Å². The lowest BCUT2D eigenvalue weighted by Gasteiger charge is -2.23. The second kappa shape index (κ2) is 3.56. The average Bonchev–Trinajstić information content (AvgIpc) is 2.45. The molecule has 0 N–H and O–H groups in total. The molecule has 2 rings (SSSR count). The van der Waals surface area contributed by atoms with Gasteiger partial charge in [0.1, 0.15) is 0 Å². The van der Waals surface area contributed by atoms with E-state index < -0.39 is 5.95 Å². The van der Waals surface area contributed by atoms with Gasteiger partial charge in [0.25, 0.3) is 0 Å². The molecule has 14 heavy (non-hydrogen) atoms. The van der Waals surface area contributed by atoms with Crippen molar-refractivity contribution in [3.63, 3.8) is 0 Å². The number of halogens is 1. The molecule has 76 valence electrons. The number of pyridine rings is 1. The van der Waals surface area contributed by atoms with Gasteiger partial charge in [0, 0.05) is 30.5 Å². The summed E-state index contributed by atoms with van der Waals surface area (Å²) in [5.74, 6) is 0.301. The van der Waals surface area contributed by atoms with Gasteiger partial charge in [0.2, 0.25) is 5.95 Å². The number of anilines is 1. The van der Waals surface area contributed by atoms with Crippen LogP contribution in [0.3, 0.4) is 0 Å². The van der Waals surface area contributed by atoms with Gasteiger partial charge in [-0.1, -0.05) is 6.92 Å². The van der Waals surface area contributed by atoms with Crippen LogP contribution >= 0.6 is 0 Å². The van der Waals surface area contributed by atoms with Gasteiger partial charge >= 0.3 is 0 Å². The Morgan fingerprint density at radius 1 is 1.50 bits per heavy atom. The predicted molar refractivity (Wildman–Crippen MR) is 54.8 cm³/mol. The van der Waals surface area contributed by atoms with Gasteiger partial charge < -0.3 is 4.90 Å². The van der Waals surface area contributed by atoms with Crippen LogP contribution in [0.4, 0.5) is 10.1 Å². The maximum absolute atomic E-state index is 12.9. The summed E-state index contributed by atoms with van der Waals surface area (Å²) in [7, 11) is 0. The largest absolute Gasteiger partial charge is 0.368 e. The van der Waals surface area contributed by atoms with Crippen LogP contribution < -0.4 is 4.90 Å². The Hall–Kier alpha value is -1.12. The average molecular weight is 194 g/mol. The van der Waals surface area contributed by atoms with Crippen molar-refractivity contribution in [1.82, 2.24) is 4.98 Å². The Balaban J connectivity index is 2.23. The molecule has 0 bridgehead atoms. The van der Waals surface area contributed by atoms with E-state index in [4.69, 9.17) is 0 Å². The highest BCUT2D eigenvalue weighted by Gasteiger charge is 2.26. The summed E-state index contributed by atoms with van der Waals surface area (Å²) in [6, 6.07) is 3.89. The quantitative estimate of drug-likeness (QED) is 0.638. The highest BCUT2D eigenvalue weighted by atomic mass is 19.1. The summed E-state index contributed by atoms with van der Waals surface area (Å²) >= 11 is 0. The Morgan fingerprint density at radius 3 is 2.86 bits per heavy atom. The third-order valence-corrected chi connectivity index (χ3v) is 2.83. The fraction of sp³-hybridized carbons (Fsp3) is 0.545. The van der Waals surface area contributed by atoms with E-state index in [9.17, 15) is 4.39 Å². The lowest BCUT2D eigenvalue weighted by molar-refractivity contribution is 0.582. The van der Waals surface area contributed by atoms with Gasteiger partial charge in [0.05, 0.1) is 0 Å². The second-order valence-corrected chi connectivity index (χ2v) is 4.18. The topological polar surface area (TPSA) is 16.1 Å².